The molecule has 1 saturated heterocycles. The fraction of sp³-hybridized carbons (Fsp3) is 1.00. The molecule has 1 aliphatic carbocycles. The van der Waals surface area contributed by atoms with Gasteiger partial charge < -0.3 is 5.32 Å². The van der Waals surface area contributed by atoms with E-state index < -0.39 is 0 Å². The lowest BCUT2D eigenvalue weighted by molar-refractivity contribution is 0.144. The van der Waals surface area contributed by atoms with Crippen LogP contribution in [0.2, 0.25) is 0 Å². The quantitative estimate of drug-likeness (QED) is 0.524. The molecule has 0 aromatic carbocycles. The lowest BCUT2D eigenvalue weighted by Gasteiger charge is -2.46. The van der Waals surface area contributed by atoms with Crippen molar-refractivity contribution in [3.63, 3.8) is 0 Å². The molecule has 0 radical (unpaired) electrons. The van der Waals surface area contributed by atoms with Crippen molar-refractivity contribution in [2.45, 2.75) is 44.1 Å². The molecule has 2 rings (SSSR count). The summed E-state index contributed by atoms with van der Waals surface area (Å²) in [5.41, 5.74) is 0.651. The maximum Gasteiger partial charge on any atom is 0.0193 e. The molecule has 1 nitrogen and oxygen atoms in total. The van der Waals surface area contributed by atoms with Crippen molar-refractivity contribution in [2.75, 3.05) is 6.54 Å². The van der Waals surface area contributed by atoms with Gasteiger partial charge in [-0.2, -0.15) is 0 Å². The molecule has 0 aromatic rings. The molecule has 1 heteroatoms. The van der Waals surface area contributed by atoms with E-state index >= 15 is 0 Å². The molecule has 1 saturated carbocycles. The van der Waals surface area contributed by atoms with Gasteiger partial charge in [-0.15, -0.1) is 0 Å². The second kappa shape index (κ2) is 1.98. The van der Waals surface area contributed by atoms with Crippen molar-refractivity contribution >= 4 is 0 Å². The monoisotopic (exact) mass is 127 g/mol. The first kappa shape index (κ1) is 5.72. The van der Waals surface area contributed by atoms with Crippen molar-refractivity contribution in [3.05, 3.63) is 0 Å². The van der Waals surface area contributed by atoms with Crippen LogP contribution >= 0.6 is 0 Å². The van der Waals surface area contributed by atoms with E-state index in [2.05, 4.69) is 5.32 Å². The summed E-state index contributed by atoms with van der Waals surface area (Å²) in [6, 6.07) is 0. The average Bonchev–Trinajstić information content (AvgIpc) is 1.87. The molecule has 1 spiro atoms. The summed E-state index contributed by atoms with van der Waals surface area (Å²) in [5, 5.41) is 3.56. The fourth-order valence-corrected chi connectivity index (χ4v) is 2.13. The molecule has 1 N–H and O–H groups in total. The molecular weight excluding hydrogens is 110 g/mol. The molecular formula is C8H17N. The topological polar surface area (TPSA) is 12.0 Å². The van der Waals surface area contributed by atoms with Gasteiger partial charge in [-0.05, 0) is 25.8 Å². The van der Waals surface area contributed by atoms with Crippen LogP contribution in [0.3, 0.4) is 0 Å². The predicted octanol–water partition coefficient (Wildman–Crippen LogP) is 1.93. The Morgan fingerprint density at radius 2 is 1.67 bits per heavy atom. The normalized spacial score (nSPS) is 32.0. The number of hydrogen-bond acceptors (Lipinski definition) is 1. The Balaban J connectivity index is 0.000000500. The van der Waals surface area contributed by atoms with Crippen LogP contribution in [-0.2, 0) is 0 Å². The first-order valence-electron chi connectivity index (χ1n) is 4.16. The fourth-order valence-electron chi connectivity index (χ4n) is 2.13. The van der Waals surface area contributed by atoms with Gasteiger partial charge in [0.1, 0.15) is 0 Å². The summed E-state index contributed by atoms with van der Waals surface area (Å²) in [4.78, 5) is 0. The van der Waals surface area contributed by atoms with E-state index in [4.69, 9.17) is 0 Å². The second-order valence-corrected chi connectivity index (χ2v) is 3.52. The van der Waals surface area contributed by atoms with Crippen molar-refractivity contribution in [3.8, 4) is 0 Å². The van der Waals surface area contributed by atoms with Crippen LogP contribution in [0.15, 0.2) is 0 Å². The molecule has 9 heavy (non-hydrogen) atoms. The molecule has 0 unspecified atom stereocenters. The lowest BCUT2D eigenvalue weighted by Crippen LogP contribution is -2.57. The van der Waals surface area contributed by atoms with E-state index in [1.54, 1.807) is 0 Å². The smallest absolute Gasteiger partial charge is 0.0193 e. The first-order chi connectivity index (χ1) is 4.41. The van der Waals surface area contributed by atoms with Gasteiger partial charge in [-0.1, -0.05) is 19.3 Å². The van der Waals surface area contributed by atoms with Gasteiger partial charge in [-0.3, -0.25) is 0 Å². The lowest BCUT2D eigenvalue weighted by atomic mass is 9.75. The van der Waals surface area contributed by atoms with Crippen molar-refractivity contribution < 1.29 is 1.43 Å². The van der Waals surface area contributed by atoms with Crippen molar-refractivity contribution in [1.29, 1.82) is 0 Å². The summed E-state index contributed by atoms with van der Waals surface area (Å²) in [6.07, 6.45) is 8.76. The zero-order valence-electron chi connectivity index (χ0n) is 5.95. The molecule has 2 fully saturated rings. The third-order valence-electron chi connectivity index (χ3n) is 2.91. The zero-order chi connectivity index (χ0) is 6.16. The van der Waals surface area contributed by atoms with E-state index in [9.17, 15) is 0 Å². The highest BCUT2D eigenvalue weighted by atomic mass is 15.0. The van der Waals surface area contributed by atoms with Crippen molar-refractivity contribution in [2.24, 2.45) is 0 Å². The number of rotatable bonds is 0. The summed E-state index contributed by atoms with van der Waals surface area (Å²) in [7, 11) is 0. The Bertz CT molecular complexity index is 102. The van der Waals surface area contributed by atoms with Gasteiger partial charge in [0.15, 0.2) is 0 Å². The maximum atomic E-state index is 3.56. The highest BCUT2D eigenvalue weighted by Crippen LogP contribution is 2.34. The predicted molar refractivity (Wildman–Crippen MR) is 40.5 cm³/mol. The van der Waals surface area contributed by atoms with E-state index in [1.165, 1.54) is 45.1 Å². The minimum absolute atomic E-state index is 0. The standard InChI is InChI=1S/C8H15N.H2/c1-2-4-8(5-3-1)6-7-9-8;/h9H,1-7H2;1H. The minimum Gasteiger partial charge on any atom is -0.311 e. The molecule has 0 aromatic heterocycles. The summed E-state index contributed by atoms with van der Waals surface area (Å²) < 4.78 is 0. The van der Waals surface area contributed by atoms with Crippen molar-refractivity contribution in [1.82, 2.24) is 5.32 Å². The van der Waals surface area contributed by atoms with Crippen LogP contribution in [0.4, 0.5) is 0 Å². The molecule has 1 aliphatic heterocycles. The molecule has 2 aliphatic rings. The second-order valence-electron chi connectivity index (χ2n) is 3.52. The highest BCUT2D eigenvalue weighted by molar-refractivity contribution is 4.97. The van der Waals surface area contributed by atoms with E-state index in [0.29, 0.717) is 5.54 Å². The van der Waals surface area contributed by atoms with Gasteiger partial charge in [-0.25, -0.2) is 0 Å². The van der Waals surface area contributed by atoms with Gasteiger partial charge in [0.25, 0.3) is 0 Å². The Morgan fingerprint density at radius 1 is 1.00 bits per heavy atom. The van der Waals surface area contributed by atoms with Gasteiger partial charge in [0.05, 0.1) is 0 Å². The number of hydrogen-bond donors (Lipinski definition) is 1. The van der Waals surface area contributed by atoms with Crippen LogP contribution < -0.4 is 5.32 Å². The third kappa shape index (κ3) is 0.877. The summed E-state index contributed by atoms with van der Waals surface area (Å²) >= 11 is 0. The van der Waals surface area contributed by atoms with Crippen LogP contribution in [-0.4, -0.2) is 12.1 Å². The largest absolute Gasteiger partial charge is 0.311 e. The van der Waals surface area contributed by atoms with Gasteiger partial charge in [0, 0.05) is 6.97 Å². The van der Waals surface area contributed by atoms with Gasteiger partial charge >= 0.3 is 0 Å². The molecule has 0 bridgehead atoms. The van der Waals surface area contributed by atoms with E-state index in [1.807, 2.05) is 0 Å². The number of nitrogens with one attached hydrogen (secondary N) is 1. The third-order valence-corrected chi connectivity index (χ3v) is 2.91. The van der Waals surface area contributed by atoms with Crippen LogP contribution in [0.1, 0.15) is 40.0 Å². The Labute approximate surface area is 58.3 Å². The Kier molecular flexibility index (Phi) is 1.26. The van der Waals surface area contributed by atoms with E-state index in [0.717, 1.165) is 0 Å². The van der Waals surface area contributed by atoms with E-state index in [-0.39, 0.29) is 1.43 Å². The SMILES string of the molecule is C1CCC2(CC1)CCN2.[HH]. The minimum atomic E-state index is 0. The first-order valence-corrected chi connectivity index (χ1v) is 4.16. The zero-order valence-corrected chi connectivity index (χ0v) is 5.95. The molecule has 0 atom stereocenters. The summed E-state index contributed by atoms with van der Waals surface area (Å²) in [6.45, 7) is 1.28. The molecule has 54 valence electrons. The Hall–Kier alpha value is -0.0400. The van der Waals surface area contributed by atoms with Crippen LogP contribution in [0, 0.1) is 0 Å². The molecule has 0 amide bonds. The average molecular weight is 127 g/mol. The van der Waals surface area contributed by atoms with Crippen LogP contribution in [0.5, 0.6) is 0 Å². The van der Waals surface area contributed by atoms with Crippen LogP contribution in [0.25, 0.3) is 0 Å². The Morgan fingerprint density at radius 3 is 2.00 bits per heavy atom. The maximum absolute atomic E-state index is 3.56. The molecule has 1 heterocycles. The summed E-state index contributed by atoms with van der Waals surface area (Å²) in [5.74, 6) is 0. The van der Waals surface area contributed by atoms with Gasteiger partial charge in [0.2, 0.25) is 0 Å². The highest BCUT2D eigenvalue weighted by Gasteiger charge is 2.36.